The molecule has 1 atom stereocenters. The number of nitro benzene ring substituents is 1. The molecule has 0 bridgehead atoms. The molecule has 0 spiro atoms. The van der Waals surface area contributed by atoms with E-state index >= 15 is 0 Å². The van der Waals surface area contributed by atoms with E-state index in [1.165, 1.54) is 31.1 Å². The molecule has 1 unspecified atom stereocenters. The lowest BCUT2D eigenvalue weighted by atomic mass is 10.1. The number of hydrogen-bond acceptors (Lipinski definition) is 6. The molecule has 0 radical (unpaired) electrons. The highest BCUT2D eigenvalue weighted by Crippen LogP contribution is 2.25. The molecule has 8 heteroatoms. The standard InChI is InChI=1S/C17H17N3O5/c1-19(2)16(21)15(11-6-4-3-5-7-11)25-17(22)13-10-12(20(23)24)8-9-14(13)18/h3-10,15H,18H2,1-2H3. The van der Waals surface area contributed by atoms with E-state index < -0.39 is 22.9 Å². The van der Waals surface area contributed by atoms with Gasteiger partial charge in [0.05, 0.1) is 10.5 Å². The smallest absolute Gasteiger partial charge is 0.341 e. The molecule has 8 nitrogen and oxygen atoms in total. The van der Waals surface area contributed by atoms with Crippen LogP contribution >= 0.6 is 0 Å². The first kappa shape index (κ1) is 17.9. The number of carbonyl (C=O) groups excluding carboxylic acids is 2. The number of hydrogen-bond donors (Lipinski definition) is 1. The third-order valence-electron chi connectivity index (χ3n) is 3.46. The van der Waals surface area contributed by atoms with Gasteiger partial charge in [0, 0.05) is 37.5 Å². The van der Waals surface area contributed by atoms with Gasteiger partial charge in [-0.1, -0.05) is 30.3 Å². The maximum atomic E-state index is 12.5. The quantitative estimate of drug-likeness (QED) is 0.385. The van der Waals surface area contributed by atoms with Gasteiger partial charge < -0.3 is 15.4 Å². The summed E-state index contributed by atoms with van der Waals surface area (Å²) in [5, 5.41) is 10.9. The molecule has 0 saturated heterocycles. The lowest BCUT2D eigenvalue weighted by Crippen LogP contribution is -2.31. The van der Waals surface area contributed by atoms with Gasteiger partial charge >= 0.3 is 5.97 Å². The van der Waals surface area contributed by atoms with Crippen molar-refractivity contribution in [2.24, 2.45) is 0 Å². The van der Waals surface area contributed by atoms with Crippen LogP contribution in [0.2, 0.25) is 0 Å². The highest BCUT2D eigenvalue weighted by atomic mass is 16.6. The van der Waals surface area contributed by atoms with Crippen LogP contribution in [-0.2, 0) is 9.53 Å². The molecule has 0 saturated carbocycles. The minimum Gasteiger partial charge on any atom is -0.444 e. The summed E-state index contributed by atoms with van der Waals surface area (Å²) >= 11 is 0. The summed E-state index contributed by atoms with van der Waals surface area (Å²) in [5.74, 6) is -1.35. The number of nitrogens with two attached hydrogens (primary N) is 1. The second-order valence-corrected chi connectivity index (χ2v) is 5.46. The molecular formula is C17H17N3O5. The second-order valence-electron chi connectivity index (χ2n) is 5.46. The Morgan fingerprint density at radius 1 is 1.16 bits per heavy atom. The van der Waals surface area contributed by atoms with E-state index in [2.05, 4.69) is 0 Å². The Bertz CT molecular complexity index is 805. The van der Waals surface area contributed by atoms with Gasteiger partial charge in [-0.15, -0.1) is 0 Å². The van der Waals surface area contributed by atoms with Crippen molar-refractivity contribution < 1.29 is 19.2 Å². The largest absolute Gasteiger partial charge is 0.444 e. The van der Waals surface area contributed by atoms with E-state index in [1.54, 1.807) is 30.3 Å². The van der Waals surface area contributed by atoms with Crippen LogP contribution < -0.4 is 5.73 Å². The fraction of sp³-hybridized carbons (Fsp3) is 0.176. The van der Waals surface area contributed by atoms with E-state index in [-0.39, 0.29) is 16.9 Å². The van der Waals surface area contributed by atoms with E-state index in [9.17, 15) is 19.7 Å². The number of amides is 1. The van der Waals surface area contributed by atoms with Crippen LogP contribution in [0.25, 0.3) is 0 Å². The number of nitrogen functional groups attached to an aromatic ring is 1. The topological polar surface area (TPSA) is 116 Å². The van der Waals surface area contributed by atoms with Gasteiger partial charge in [0.25, 0.3) is 11.6 Å². The van der Waals surface area contributed by atoms with Crippen molar-refractivity contribution in [3.8, 4) is 0 Å². The fourth-order valence-corrected chi connectivity index (χ4v) is 2.13. The molecule has 0 fully saturated rings. The summed E-state index contributed by atoms with van der Waals surface area (Å²) in [5.41, 5.74) is 5.77. The Morgan fingerprint density at radius 3 is 2.36 bits per heavy atom. The molecule has 25 heavy (non-hydrogen) atoms. The Kier molecular flexibility index (Phi) is 5.33. The number of carbonyl (C=O) groups is 2. The van der Waals surface area contributed by atoms with Crippen LogP contribution in [0.3, 0.4) is 0 Å². The molecule has 2 rings (SSSR count). The molecule has 2 aromatic rings. The number of esters is 1. The van der Waals surface area contributed by atoms with Gasteiger partial charge in [0.15, 0.2) is 0 Å². The number of likely N-dealkylation sites (N-methyl/N-ethyl adjacent to an activating group) is 1. The number of rotatable bonds is 5. The SMILES string of the molecule is CN(C)C(=O)C(OC(=O)c1cc([N+](=O)[O-])ccc1N)c1ccccc1. The van der Waals surface area contributed by atoms with Gasteiger partial charge in [-0.05, 0) is 6.07 Å². The number of nitrogens with zero attached hydrogens (tertiary/aromatic N) is 2. The van der Waals surface area contributed by atoms with Gasteiger partial charge in [-0.25, -0.2) is 4.79 Å². The molecule has 2 aromatic carbocycles. The normalized spacial score (nSPS) is 11.4. The van der Waals surface area contributed by atoms with E-state index in [0.717, 1.165) is 6.07 Å². The van der Waals surface area contributed by atoms with Crippen molar-refractivity contribution in [1.29, 1.82) is 0 Å². The average Bonchev–Trinajstić information content (AvgIpc) is 2.59. The molecular weight excluding hydrogens is 326 g/mol. The average molecular weight is 343 g/mol. The van der Waals surface area contributed by atoms with Crippen LogP contribution in [0.1, 0.15) is 22.0 Å². The van der Waals surface area contributed by atoms with Crippen LogP contribution in [-0.4, -0.2) is 35.8 Å². The Morgan fingerprint density at radius 2 is 1.80 bits per heavy atom. The summed E-state index contributed by atoms with van der Waals surface area (Å²) in [6, 6.07) is 11.9. The first-order valence-corrected chi connectivity index (χ1v) is 7.32. The summed E-state index contributed by atoms with van der Waals surface area (Å²) in [6.45, 7) is 0. The fourth-order valence-electron chi connectivity index (χ4n) is 2.13. The zero-order valence-corrected chi connectivity index (χ0v) is 13.7. The Balaban J connectivity index is 2.36. The van der Waals surface area contributed by atoms with E-state index in [1.807, 2.05) is 0 Å². The molecule has 1 amide bonds. The van der Waals surface area contributed by atoms with Crippen molar-refractivity contribution in [3.05, 3.63) is 69.8 Å². The highest BCUT2D eigenvalue weighted by Gasteiger charge is 2.28. The van der Waals surface area contributed by atoms with Crippen molar-refractivity contribution in [2.45, 2.75) is 6.10 Å². The zero-order valence-electron chi connectivity index (χ0n) is 13.7. The van der Waals surface area contributed by atoms with Crippen LogP contribution in [0, 0.1) is 10.1 Å². The lowest BCUT2D eigenvalue weighted by molar-refractivity contribution is -0.384. The van der Waals surface area contributed by atoms with Crippen LogP contribution in [0.15, 0.2) is 48.5 Å². The van der Waals surface area contributed by atoms with Crippen molar-refractivity contribution in [3.63, 3.8) is 0 Å². The number of non-ortho nitro benzene ring substituents is 1. The first-order valence-electron chi connectivity index (χ1n) is 7.32. The number of anilines is 1. The molecule has 130 valence electrons. The van der Waals surface area contributed by atoms with Gasteiger partial charge in [0.1, 0.15) is 0 Å². The third-order valence-corrected chi connectivity index (χ3v) is 3.46. The van der Waals surface area contributed by atoms with Gasteiger partial charge in [0.2, 0.25) is 6.10 Å². The molecule has 0 aromatic heterocycles. The predicted molar refractivity (Wildman–Crippen MR) is 90.8 cm³/mol. The summed E-state index contributed by atoms with van der Waals surface area (Å²) in [6.07, 6.45) is -1.18. The van der Waals surface area contributed by atoms with Gasteiger partial charge in [-0.2, -0.15) is 0 Å². The van der Waals surface area contributed by atoms with E-state index in [0.29, 0.717) is 5.56 Å². The summed E-state index contributed by atoms with van der Waals surface area (Å²) in [4.78, 5) is 36.4. The van der Waals surface area contributed by atoms with Crippen molar-refractivity contribution in [2.75, 3.05) is 19.8 Å². The molecule has 0 aliphatic rings. The molecule has 2 N–H and O–H groups in total. The minimum absolute atomic E-state index is 0.0275. The third kappa shape index (κ3) is 4.11. The minimum atomic E-state index is -1.18. The Hall–Kier alpha value is -3.42. The maximum Gasteiger partial charge on any atom is 0.341 e. The van der Waals surface area contributed by atoms with Crippen LogP contribution in [0.4, 0.5) is 11.4 Å². The first-order chi connectivity index (χ1) is 11.8. The van der Waals surface area contributed by atoms with Crippen molar-refractivity contribution in [1.82, 2.24) is 4.90 Å². The maximum absolute atomic E-state index is 12.5. The number of ether oxygens (including phenoxy) is 1. The Labute approximate surface area is 144 Å². The monoisotopic (exact) mass is 343 g/mol. The summed E-state index contributed by atoms with van der Waals surface area (Å²) < 4.78 is 5.33. The highest BCUT2D eigenvalue weighted by molar-refractivity contribution is 5.97. The number of benzene rings is 2. The predicted octanol–water partition coefficient (Wildman–Crippen LogP) is 2.16. The number of nitro groups is 1. The van der Waals surface area contributed by atoms with Crippen molar-refractivity contribution >= 4 is 23.3 Å². The molecule has 0 aliphatic heterocycles. The molecule has 0 aliphatic carbocycles. The van der Waals surface area contributed by atoms with Gasteiger partial charge in [-0.3, -0.25) is 14.9 Å². The molecule has 0 heterocycles. The lowest BCUT2D eigenvalue weighted by Gasteiger charge is -2.21. The van der Waals surface area contributed by atoms with E-state index in [4.69, 9.17) is 10.5 Å². The van der Waals surface area contributed by atoms with Crippen LogP contribution in [0.5, 0.6) is 0 Å². The summed E-state index contributed by atoms with van der Waals surface area (Å²) in [7, 11) is 3.07. The zero-order chi connectivity index (χ0) is 18.6. The second kappa shape index (κ2) is 7.43.